The molecule has 106 valence electrons. The summed E-state index contributed by atoms with van der Waals surface area (Å²) in [5, 5.41) is 10.1. The summed E-state index contributed by atoms with van der Waals surface area (Å²) in [5.74, 6) is -0.205. The molecule has 1 atom stereocenters. The summed E-state index contributed by atoms with van der Waals surface area (Å²) >= 11 is 0. The van der Waals surface area contributed by atoms with Crippen LogP contribution in [-0.4, -0.2) is 36.8 Å². The Morgan fingerprint density at radius 1 is 1.32 bits per heavy atom. The summed E-state index contributed by atoms with van der Waals surface area (Å²) in [6.45, 7) is 3.10. The molecule has 1 heterocycles. The smallest absolute Gasteiger partial charge is 0.165 e. The van der Waals surface area contributed by atoms with E-state index in [1.165, 1.54) is 32.4 Å². The predicted molar refractivity (Wildman–Crippen MR) is 72.8 cm³/mol. The highest BCUT2D eigenvalue weighted by molar-refractivity contribution is 5.30. The van der Waals surface area contributed by atoms with Crippen LogP contribution in [0.15, 0.2) is 18.2 Å². The quantitative estimate of drug-likeness (QED) is 0.890. The van der Waals surface area contributed by atoms with Gasteiger partial charge in [0.15, 0.2) is 11.6 Å². The van der Waals surface area contributed by atoms with Crippen LogP contribution in [0.3, 0.4) is 0 Å². The molecule has 0 radical (unpaired) electrons. The van der Waals surface area contributed by atoms with Gasteiger partial charge in [-0.3, -0.25) is 0 Å². The molecule has 0 bridgehead atoms. The molecule has 1 fully saturated rings. The Hall–Kier alpha value is -1.13. The van der Waals surface area contributed by atoms with Crippen LogP contribution in [0.25, 0.3) is 0 Å². The van der Waals surface area contributed by atoms with Gasteiger partial charge < -0.3 is 14.7 Å². The van der Waals surface area contributed by atoms with Crippen molar-refractivity contribution < 1.29 is 14.2 Å². The molecule has 0 saturated carbocycles. The molecule has 1 aromatic carbocycles. The lowest BCUT2D eigenvalue weighted by atomic mass is 10.0. The van der Waals surface area contributed by atoms with Gasteiger partial charge in [-0.2, -0.15) is 0 Å². The van der Waals surface area contributed by atoms with E-state index in [-0.39, 0.29) is 5.75 Å². The summed E-state index contributed by atoms with van der Waals surface area (Å²) in [5.41, 5.74) is 0.621. The van der Waals surface area contributed by atoms with E-state index < -0.39 is 11.9 Å². The number of aliphatic hydroxyl groups is 1. The number of hydrogen-bond donors (Lipinski definition) is 1. The molecule has 1 unspecified atom stereocenters. The van der Waals surface area contributed by atoms with Gasteiger partial charge in [0, 0.05) is 6.54 Å². The molecule has 0 amide bonds. The predicted octanol–water partition coefficient (Wildman–Crippen LogP) is 2.74. The lowest BCUT2D eigenvalue weighted by Gasteiger charge is -2.27. The van der Waals surface area contributed by atoms with E-state index in [1.54, 1.807) is 12.1 Å². The molecule has 3 nitrogen and oxygen atoms in total. The topological polar surface area (TPSA) is 32.7 Å². The Bertz CT molecular complexity index is 405. The van der Waals surface area contributed by atoms with Crippen molar-refractivity contribution in [3.05, 3.63) is 29.6 Å². The Labute approximate surface area is 114 Å². The number of nitrogens with zero attached hydrogens (tertiary/aromatic N) is 1. The fourth-order valence-corrected chi connectivity index (χ4v) is 2.54. The van der Waals surface area contributed by atoms with Gasteiger partial charge in [0.25, 0.3) is 0 Å². The highest BCUT2D eigenvalue weighted by atomic mass is 19.1. The van der Waals surface area contributed by atoms with E-state index in [4.69, 9.17) is 4.74 Å². The van der Waals surface area contributed by atoms with E-state index >= 15 is 0 Å². The maximum Gasteiger partial charge on any atom is 0.165 e. The van der Waals surface area contributed by atoms with Crippen LogP contribution in [0.4, 0.5) is 4.39 Å². The molecule has 1 N–H and O–H groups in total. The molecule has 0 aromatic heterocycles. The van der Waals surface area contributed by atoms with E-state index in [0.29, 0.717) is 12.0 Å². The second-order valence-electron chi connectivity index (χ2n) is 5.10. The van der Waals surface area contributed by atoms with Crippen LogP contribution in [-0.2, 0) is 0 Å². The third-order valence-electron chi connectivity index (χ3n) is 3.73. The van der Waals surface area contributed by atoms with E-state index in [2.05, 4.69) is 4.90 Å². The lowest BCUT2D eigenvalue weighted by molar-refractivity contribution is 0.133. The monoisotopic (exact) mass is 267 g/mol. The Balaban J connectivity index is 1.88. The molecular formula is C15H22FNO2. The molecule has 0 spiro atoms. The molecule has 4 heteroatoms. The number of methoxy groups -OCH3 is 1. The van der Waals surface area contributed by atoms with Crippen LogP contribution < -0.4 is 4.74 Å². The summed E-state index contributed by atoms with van der Waals surface area (Å²) in [7, 11) is 1.44. The highest BCUT2D eigenvalue weighted by Crippen LogP contribution is 2.24. The van der Waals surface area contributed by atoms with E-state index in [1.807, 2.05) is 0 Å². The molecule has 1 saturated heterocycles. The van der Waals surface area contributed by atoms with Crippen molar-refractivity contribution in [2.24, 2.45) is 0 Å². The zero-order valence-corrected chi connectivity index (χ0v) is 11.4. The molecular weight excluding hydrogens is 245 g/mol. The van der Waals surface area contributed by atoms with Gasteiger partial charge in [0.05, 0.1) is 13.2 Å². The van der Waals surface area contributed by atoms with Gasteiger partial charge >= 0.3 is 0 Å². The van der Waals surface area contributed by atoms with Crippen molar-refractivity contribution in [1.82, 2.24) is 4.90 Å². The largest absolute Gasteiger partial charge is 0.494 e. The third kappa shape index (κ3) is 3.91. The fourth-order valence-electron chi connectivity index (χ4n) is 2.54. The summed E-state index contributed by atoms with van der Waals surface area (Å²) in [6, 6.07) is 4.65. The first kappa shape index (κ1) is 14.3. The maximum atomic E-state index is 13.6. The number of rotatable bonds is 5. The van der Waals surface area contributed by atoms with Crippen molar-refractivity contribution in [3.63, 3.8) is 0 Å². The SMILES string of the molecule is COc1ccc(C(O)CCN2CCCCC2)cc1F. The Morgan fingerprint density at radius 3 is 2.68 bits per heavy atom. The standard InChI is InChI=1S/C15H22FNO2/c1-19-15-6-5-12(11-13(15)16)14(18)7-10-17-8-3-2-4-9-17/h5-6,11,14,18H,2-4,7-10H2,1H3. The minimum Gasteiger partial charge on any atom is -0.494 e. The normalized spacial score (nSPS) is 18.3. The first-order chi connectivity index (χ1) is 9.20. The number of likely N-dealkylation sites (tertiary alicyclic amines) is 1. The number of halogens is 1. The van der Waals surface area contributed by atoms with Gasteiger partial charge in [0.2, 0.25) is 0 Å². The molecule has 2 rings (SSSR count). The van der Waals surface area contributed by atoms with E-state index in [0.717, 1.165) is 19.6 Å². The first-order valence-electron chi connectivity index (χ1n) is 6.94. The van der Waals surface area contributed by atoms with Crippen molar-refractivity contribution in [1.29, 1.82) is 0 Å². The number of piperidine rings is 1. The van der Waals surface area contributed by atoms with Crippen molar-refractivity contribution in [2.45, 2.75) is 31.8 Å². The lowest BCUT2D eigenvalue weighted by Crippen LogP contribution is -2.31. The zero-order chi connectivity index (χ0) is 13.7. The second kappa shape index (κ2) is 6.87. The summed E-state index contributed by atoms with van der Waals surface area (Å²) in [4.78, 5) is 2.37. The summed E-state index contributed by atoms with van der Waals surface area (Å²) in [6.07, 6.45) is 3.83. The molecule has 19 heavy (non-hydrogen) atoms. The first-order valence-corrected chi connectivity index (χ1v) is 6.94. The van der Waals surface area contributed by atoms with Crippen molar-refractivity contribution in [2.75, 3.05) is 26.7 Å². The Kier molecular flexibility index (Phi) is 5.16. The molecule has 0 aliphatic carbocycles. The van der Waals surface area contributed by atoms with Crippen LogP contribution in [0.1, 0.15) is 37.4 Å². The highest BCUT2D eigenvalue weighted by Gasteiger charge is 2.14. The van der Waals surface area contributed by atoms with Crippen molar-refractivity contribution >= 4 is 0 Å². The average Bonchev–Trinajstić information content (AvgIpc) is 2.45. The Morgan fingerprint density at radius 2 is 2.05 bits per heavy atom. The van der Waals surface area contributed by atoms with Crippen LogP contribution >= 0.6 is 0 Å². The number of benzene rings is 1. The van der Waals surface area contributed by atoms with Gasteiger partial charge in [-0.15, -0.1) is 0 Å². The van der Waals surface area contributed by atoms with Gasteiger partial charge in [-0.25, -0.2) is 4.39 Å². The van der Waals surface area contributed by atoms with Crippen LogP contribution in [0.5, 0.6) is 5.75 Å². The maximum absolute atomic E-state index is 13.6. The minimum absolute atomic E-state index is 0.215. The van der Waals surface area contributed by atoms with Crippen LogP contribution in [0.2, 0.25) is 0 Å². The molecule has 1 aliphatic heterocycles. The average molecular weight is 267 g/mol. The number of ether oxygens (including phenoxy) is 1. The van der Waals surface area contributed by atoms with Gasteiger partial charge in [-0.1, -0.05) is 12.5 Å². The van der Waals surface area contributed by atoms with Crippen molar-refractivity contribution in [3.8, 4) is 5.75 Å². The zero-order valence-electron chi connectivity index (χ0n) is 11.4. The number of hydrogen-bond acceptors (Lipinski definition) is 3. The summed E-state index contributed by atoms with van der Waals surface area (Å²) < 4.78 is 18.4. The van der Waals surface area contributed by atoms with Gasteiger partial charge in [-0.05, 0) is 50.0 Å². The van der Waals surface area contributed by atoms with E-state index in [9.17, 15) is 9.50 Å². The molecule has 1 aromatic rings. The second-order valence-corrected chi connectivity index (χ2v) is 5.10. The number of aliphatic hydroxyl groups excluding tert-OH is 1. The third-order valence-corrected chi connectivity index (χ3v) is 3.73. The fraction of sp³-hybridized carbons (Fsp3) is 0.600. The molecule has 1 aliphatic rings. The van der Waals surface area contributed by atoms with Gasteiger partial charge in [0.1, 0.15) is 0 Å². The van der Waals surface area contributed by atoms with Crippen LogP contribution in [0, 0.1) is 5.82 Å². The minimum atomic E-state index is -0.609.